The van der Waals surface area contributed by atoms with Crippen molar-refractivity contribution in [1.82, 2.24) is 5.32 Å². The summed E-state index contributed by atoms with van der Waals surface area (Å²) in [5.74, 6) is 0.561. The lowest BCUT2D eigenvalue weighted by Crippen LogP contribution is -2.02. The van der Waals surface area contributed by atoms with E-state index in [4.69, 9.17) is 5.26 Å². The number of nitrogens with zero attached hydrogens (tertiary/aromatic N) is 2. The van der Waals surface area contributed by atoms with E-state index >= 15 is 0 Å². The van der Waals surface area contributed by atoms with Gasteiger partial charge in [-0.15, -0.1) is 0 Å². The van der Waals surface area contributed by atoms with Crippen molar-refractivity contribution < 1.29 is 0 Å². The van der Waals surface area contributed by atoms with Crippen molar-refractivity contribution in [1.29, 1.82) is 5.26 Å². The summed E-state index contributed by atoms with van der Waals surface area (Å²) in [6.45, 7) is 2.21. The van der Waals surface area contributed by atoms with E-state index in [9.17, 15) is 0 Å². The van der Waals surface area contributed by atoms with E-state index < -0.39 is 0 Å². The number of nitriles is 1. The minimum absolute atomic E-state index is 0.206. The Morgan fingerprint density at radius 2 is 2.20 bits per heavy atom. The van der Waals surface area contributed by atoms with Gasteiger partial charge in [0.15, 0.2) is 6.19 Å². The summed E-state index contributed by atoms with van der Waals surface area (Å²) >= 11 is 0. The third-order valence-electron chi connectivity index (χ3n) is 2.85. The molecule has 0 amide bonds. The first-order valence-electron chi connectivity index (χ1n) is 5.08. The summed E-state index contributed by atoms with van der Waals surface area (Å²) in [5.41, 5.74) is 2.68. The molecule has 1 N–H and O–H groups in total. The second-order valence-corrected chi connectivity index (χ2v) is 3.82. The monoisotopic (exact) mass is 199 g/mol. The molecule has 76 valence electrons. The zero-order valence-electron chi connectivity index (χ0n) is 8.64. The van der Waals surface area contributed by atoms with Crippen LogP contribution in [-0.4, -0.2) is 6.34 Å². The zero-order chi connectivity index (χ0) is 10.7. The van der Waals surface area contributed by atoms with Crippen LogP contribution in [0.25, 0.3) is 0 Å². The first-order chi connectivity index (χ1) is 7.33. The number of hydrogen-bond acceptors (Lipinski definition) is 2. The quantitative estimate of drug-likeness (QED) is 0.344. The van der Waals surface area contributed by atoms with Gasteiger partial charge in [0.2, 0.25) is 0 Å². The van der Waals surface area contributed by atoms with Gasteiger partial charge < -0.3 is 0 Å². The summed E-state index contributed by atoms with van der Waals surface area (Å²) in [7, 11) is 0. The van der Waals surface area contributed by atoms with Crippen LogP contribution in [-0.2, 0) is 0 Å². The lowest BCUT2D eigenvalue weighted by atomic mass is 10.0. The number of fused-ring (bicyclic) bond motifs is 1. The predicted molar refractivity (Wildman–Crippen MR) is 59.5 cm³/mol. The van der Waals surface area contributed by atoms with E-state index in [1.807, 2.05) is 12.3 Å². The fourth-order valence-corrected chi connectivity index (χ4v) is 2.15. The molecule has 2 rings (SSSR count). The number of hydrogen-bond donors (Lipinski definition) is 1. The minimum atomic E-state index is 0.206. The molecule has 0 fully saturated rings. The normalized spacial score (nSPS) is 23.7. The van der Waals surface area contributed by atoms with Crippen molar-refractivity contribution in [3.63, 3.8) is 0 Å². The SMILES string of the molecule is CC1CC(N=CNC#N)c2ccccc21. The summed E-state index contributed by atoms with van der Waals surface area (Å²) < 4.78 is 0. The second-order valence-electron chi connectivity index (χ2n) is 3.82. The Bertz CT molecular complexity index is 417. The van der Waals surface area contributed by atoms with Crippen LogP contribution >= 0.6 is 0 Å². The highest BCUT2D eigenvalue weighted by atomic mass is 14.9. The zero-order valence-corrected chi connectivity index (χ0v) is 8.64. The van der Waals surface area contributed by atoms with Crippen LogP contribution in [0.3, 0.4) is 0 Å². The molecule has 0 spiro atoms. The Balaban J connectivity index is 2.22. The fourth-order valence-electron chi connectivity index (χ4n) is 2.15. The molecule has 0 saturated carbocycles. The third kappa shape index (κ3) is 1.84. The third-order valence-corrected chi connectivity index (χ3v) is 2.85. The Hall–Kier alpha value is -1.82. The molecule has 0 bridgehead atoms. The van der Waals surface area contributed by atoms with Gasteiger partial charge in [-0.3, -0.25) is 10.3 Å². The van der Waals surface area contributed by atoms with Gasteiger partial charge in [0.05, 0.1) is 12.4 Å². The van der Waals surface area contributed by atoms with E-state index in [0.717, 1.165) is 6.42 Å². The number of aliphatic imine (C=N–C) groups is 1. The molecule has 2 atom stereocenters. The summed E-state index contributed by atoms with van der Waals surface area (Å²) in [6.07, 6.45) is 4.34. The molecule has 0 heterocycles. The molecule has 15 heavy (non-hydrogen) atoms. The highest BCUT2D eigenvalue weighted by Gasteiger charge is 2.26. The molecule has 3 heteroatoms. The Labute approximate surface area is 89.5 Å². The summed E-state index contributed by atoms with van der Waals surface area (Å²) in [6, 6.07) is 8.59. The van der Waals surface area contributed by atoms with Gasteiger partial charge in [0.25, 0.3) is 0 Å². The van der Waals surface area contributed by atoms with Crippen molar-refractivity contribution in [2.75, 3.05) is 0 Å². The maximum absolute atomic E-state index is 8.34. The molecule has 1 aliphatic carbocycles. The molecule has 0 aliphatic heterocycles. The first-order valence-corrected chi connectivity index (χ1v) is 5.08. The topological polar surface area (TPSA) is 48.2 Å². The van der Waals surface area contributed by atoms with Crippen molar-refractivity contribution in [3.8, 4) is 6.19 Å². The molecular weight excluding hydrogens is 186 g/mol. The van der Waals surface area contributed by atoms with Crippen molar-refractivity contribution in [2.24, 2.45) is 4.99 Å². The molecule has 0 radical (unpaired) electrons. The van der Waals surface area contributed by atoms with Gasteiger partial charge in [-0.2, -0.15) is 5.26 Å². The molecule has 1 aromatic rings. The van der Waals surface area contributed by atoms with E-state index in [1.165, 1.54) is 17.5 Å². The van der Waals surface area contributed by atoms with E-state index in [0.29, 0.717) is 5.92 Å². The maximum atomic E-state index is 8.34. The Morgan fingerprint density at radius 1 is 1.47 bits per heavy atom. The number of nitrogens with one attached hydrogen (secondary N) is 1. The lowest BCUT2D eigenvalue weighted by Gasteiger charge is -2.03. The highest BCUT2D eigenvalue weighted by Crippen LogP contribution is 2.41. The van der Waals surface area contributed by atoms with Crippen molar-refractivity contribution in [3.05, 3.63) is 35.4 Å². The Kier molecular flexibility index (Phi) is 2.68. The molecule has 1 aliphatic rings. The van der Waals surface area contributed by atoms with Crippen molar-refractivity contribution in [2.45, 2.75) is 25.3 Å². The van der Waals surface area contributed by atoms with Crippen LogP contribution in [0.5, 0.6) is 0 Å². The standard InChI is InChI=1S/C12H13N3/c1-9-6-12(15-8-14-7-13)11-5-3-2-4-10(9)11/h2-5,8-9,12H,6H2,1H3,(H,14,15). The van der Waals surface area contributed by atoms with Crippen LogP contribution in [0.2, 0.25) is 0 Å². The fraction of sp³-hybridized carbons (Fsp3) is 0.333. The smallest absolute Gasteiger partial charge is 0.182 e. The predicted octanol–water partition coefficient (Wildman–Crippen LogP) is 2.33. The van der Waals surface area contributed by atoms with Crippen LogP contribution in [0.15, 0.2) is 29.3 Å². The van der Waals surface area contributed by atoms with Gasteiger partial charge >= 0.3 is 0 Å². The molecular formula is C12H13N3. The maximum Gasteiger partial charge on any atom is 0.182 e. The highest BCUT2D eigenvalue weighted by molar-refractivity contribution is 5.57. The van der Waals surface area contributed by atoms with Gasteiger partial charge in [-0.25, -0.2) is 0 Å². The molecule has 2 unspecified atom stereocenters. The van der Waals surface area contributed by atoms with Crippen LogP contribution in [0, 0.1) is 11.5 Å². The second kappa shape index (κ2) is 4.14. The average molecular weight is 199 g/mol. The molecule has 0 aromatic heterocycles. The van der Waals surface area contributed by atoms with Gasteiger partial charge in [-0.05, 0) is 23.5 Å². The van der Waals surface area contributed by atoms with Gasteiger partial charge in [-0.1, -0.05) is 31.2 Å². The summed E-state index contributed by atoms with van der Waals surface area (Å²) in [5, 5.41) is 10.8. The summed E-state index contributed by atoms with van der Waals surface area (Å²) in [4.78, 5) is 4.35. The van der Waals surface area contributed by atoms with Gasteiger partial charge in [0.1, 0.15) is 0 Å². The minimum Gasteiger partial charge on any atom is -0.283 e. The first kappa shape index (κ1) is 9.72. The van der Waals surface area contributed by atoms with Crippen LogP contribution < -0.4 is 5.32 Å². The van der Waals surface area contributed by atoms with E-state index in [2.05, 4.69) is 35.4 Å². The molecule has 0 saturated heterocycles. The average Bonchev–Trinajstić information content (AvgIpc) is 2.58. The molecule has 1 aromatic carbocycles. The lowest BCUT2D eigenvalue weighted by molar-refractivity contribution is 0.642. The number of benzene rings is 1. The molecule has 3 nitrogen and oxygen atoms in total. The van der Waals surface area contributed by atoms with Gasteiger partial charge in [0, 0.05) is 0 Å². The van der Waals surface area contributed by atoms with Crippen molar-refractivity contribution >= 4 is 6.34 Å². The van der Waals surface area contributed by atoms with E-state index in [-0.39, 0.29) is 6.04 Å². The Morgan fingerprint density at radius 3 is 2.93 bits per heavy atom. The number of rotatable bonds is 2. The van der Waals surface area contributed by atoms with Crippen LogP contribution in [0.1, 0.15) is 36.4 Å². The van der Waals surface area contributed by atoms with Crippen LogP contribution in [0.4, 0.5) is 0 Å². The largest absolute Gasteiger partial charge is 0.283 e. The van der Waals surface area contributed by atoms with E-state index in [1.54, 1.807) is 0 Å².